The van der Waals surface area contributed by atoms with Gasteiger partial charge in [0, 0.05) is 7.11 Å². The van der Waals surface area contributed by atoms with Crippen LogP contribution in [0.25, 0.3) is 0 Å². The van der Waals surface area contributed by atoms with E-state index in [2.05, 4.69) is 15.2 Å². The molecule has 1 atom stereocenters. The van der Waals surface area contributed by atoms with Gasteiger partial charge in [-0.15, -0.1) is 0 Å². The molecule has 0 rings (SSSR count). The van der Waals surface area contributed by atoms with Gasteiger partial charge in [-0.1, -0.05) is 0 Å². The summed E-state index contributed by atoms with van der Waals surface area (Å²) in [5.41, 5.74) is 4.63. The molecule has 0 heterocycles. The average molecular weight is 144 g/mol. The van der Waals surface area contributed by atoms with Crippen LogP contribution in [0.3, 0.4) is 0 Å². The number of nitrogens with zero attached hydrogens (tertiary/aromatic N) is 1. The Morgan fingerprint density at radius 3 is 2.80 bits per heavy atom. The van der Waals surface area contributed by atoms with E-state index in [1.54, 1.807) is 6.07 Å². The van der Waals surface area contributed by atoms with E-state index in [4.69, 9.17) is 5.26 Å². The topological polar surface area (TPSA) is 85.3 Å². The number of carbonyl (C=O) groups is 1. The highest BCUT2D eigenvalue weighted by molar-refractivity contribution is 5.65. The number of carbonyl (C=O) groups excluding carboxylic acids is 1. The molecular weight excluding hydrogens is 136 g/mol. The van der Waals surface area contributed by atoms with Gasteiger partial charge in [-0.05, 0) is 0 Å². The van der Waals surface area contributed by atoms with Gasteiger partial charge in [0.15, 0.2) is 0 Å². The van der Waals surface area contributed by atoms with Crippen molar-refractivity contribution in [3.05, 3.63) is 0 Å². The van der Waals surface area contributed by atoms with Gasteiger partial charge in [0.2, 0.25) is 6.10 Å². The summed E-state index contributed by atoms with van der Waals surface area (Å²) in [6, 6.07) is 1.69. The van der Waals surface area contributed by atoms with Gasteiger partial charge in [0.1, 0.15) is 6.07 Å². The molecule has 0 saturated heterocycles. The SMILES string of the molecule is COC[C@@H](C#N)OC(N)=O. The summed E-state index contributed by atoms with van der Waals surface area (Å²) in [5, 5.41) is 8.24. The minimum Gasteiger partial charge on any atom is -0.428 e. The van der Waals surface area contributed by atoms with E-state index in [0.29, 0.717) is 0 Å². The van der Waals surface area contributed by atoms with E-state index < -0.39 is 12.2 Å². The summed E-state index contributed by atoms with van der Waals surface area (Å²) in [6.45, 7) is 0.0411. The highest BCUT2D eigenvalue weighted by Gasteiger charge is 2.09. The molecule has 56 valence electrons. The quantitative estimate of drug-likeness (QED) is 0.585. The Kier molecular flexibility index (Phi) is 4.00. The Balaban J connectivity index is 3.63. The molecule has 5 heteroatoms. The van der Waals surface area contributed by atoms with Crippen LogP contribution in [-0.2, 0) is 9.47 Å². The number of ether oxygens (including phenoxy) is 2. The number of rotatable bonds is 3. The molecule has 0 aromatic rings. The first-order chi connectivity index (χ1) is 4.70. The fraction of sp³-hybridized carbons (Fsp3) is 0.600. The van der Waals surface area contributed by atoms with Crippen LogP contribution >= 0.6 is 0 Å². The monoisotopic (exact) mass is 144 g/mol. The second-order valence-electron chi connectivity index (χ2n) is 1.51. The van der Waals surface area contributed by atoms with Gasteiger partial charge in [-0.2, -0.15) is 5.26 Å². The minimum absolute atomic E-state index is 0.0411. The Bertz CT molecular complexity index is 151. The zero-order chi connectivity index (χ0) is 7.98. The van der Waals surface area contributed by atoms with Crippen molar-refractivity contribution in [3.8, 4) is 6.07 Å². The van der Waals surface area contributed by atoms with Gasteiger partial charge in [0.05, 0.1) is 6.61 Å². The van der Waals surface area contributed by atoms with Crippen molar-refractivity contribution < 1.29 is 14.3 Å². The zero-order valence-corrected chi connectivity index (χ0v) is 5.53. The van der Waals surface area contributed by atoms with Gasteiger partial charge in [-0.3, -0.25) is 0 Å². The van der Waals surface area contributed by atoms with Crippen LogP contribution in [0.15, 0.2) is 0 Å². The summed E-state index contributed by atoms with van der Waals surface area (Å²) in [5.74, 6) is 0. The van der Waals surface area contributed by atoms with E-state index in [0.717, 1.165) is 0 Å². The summed E-state index contributed by atoms with van der Waals surface area (Å²) >= 11 is 0. The molecule has 1 amide bonds. The number of methoxy groups -OCH3 is 1. The Morgan fingerprint density at radius 2 is 2.50 bits per heavy atom. The lowest BCUT2D eigenvalue weighted by molar-refractivity contribution is 0.0718. The first kappa shape index (κ1) is 8.72. The van der Waals surface area contributed by atoms with E-state index >= 15 is 0 Å². The van der Waals surface area contributed by atoms with Crippen LogP contribution in [0.1, 0.15) is 0 Å². The Labute approximate surface area is 58.3 Å². The number of primary amides is 1. The maximum absolute atomic E-state index is 10.0. The molecule has 0 fully saturated rings. The lowest BCUT2D eigenvalue weighted by Gasteiger charge is -2.05. The third kappa shape index (κ3) is 3.69. The summed E-state index contributed by atoms with van der Waals surface area (Å²) in [6.07, 6.45) is -1.87. The predicted molar refractivity (Wildman–Crippen MR) is 31.9 cm³/mol. The van der Waals surface area contributed by atoms with E-state index in [-0.39, 0.29) is 6.61 Å². The molecule has 0 spiro atoms. The number of hydrogen-bond donors (Lipinski definition) is 1. The maximum Gasteiger partial charge on any atom is 0.405 e. The summed E-state index contributed by atoms with van der Waals surface area (Å²) < 4.78 is 8.83. The summed E-state index contributed by atoms with van der Waals surface area (Å²) in [4.78, 5) is 10.0. The Hall–Kier alpha value is -1.28. The van der Waals surface area contributed by atoms with Crippen molar-refractivity contribution in [1.29, 1.82) is 5.26 Å². The Morgan fingerprint density at radius 1 is 1.90 bits per heavy atom. The van der Waals surface area contributed by atoms with Crippen molar-refractivity contribution in [3.63, 3.8) is 0 Å². The molecule has 0 radical (unpaired) electrons. The molecule has 0 aliphatic carbocycles. The maximum atomic E-state index is 10.0. The molecule has 0 aliphatic heterocycles. The molecule has 0 aromatic heterocycles. The smallest absolute Gasteiger partial charge is 0.405 e. The number of nitrogens with two attached hydrogens (primary N) is 1. The average Bonchev–Trinajstić information content (AvgIpc) is 1.86. The fourth-order valence-corrected chi connectivity index (χ4v) is 0.389. The molecule has 5 nitrogen and oxygen atoms in total. The molecule has 0 bridgehead atoms. The zero-order valence-electron chi connectivity index (χ0n) is 5.53. The lowest BCUT2D eigenvalue weighted by atomic mass is 10.4. The van der Waals surface area contributed by atoms with Crippen molar-refractivity contribution in [2.24, 2.45) is 5.73 Å². The van der Waals surface area contributed by atoms with Crippen LogP contribution in [0, 0.1) is 11.3 Å². The van der Waals surface area contributed by atoms with Crippen LogP contribution in [0.4, 0.5) is 4.79 Å². The molecule has 0 aliphatic rings. The second-order valence-corrected chi connectivity index (χ2v) is 1.51. The predicted octanol–water partition coefficient (Wildman–Crippen LogP) is -0.380. The molecule has 0 aromatic carbocycles. The van der Waals surface area contributed by atoms with Crippen LogP contribution in [-0.4, -0.2) is 25.9 Å². The first-order valence-corrected chi connectivity index (χ1v) is 2.55. The van der Waals surface area contributed by atoms with Crippen LogP contribution in [0.5, 0.6) is 0 Å². The normalized spacial score (nSPS) is 11.6. The van der Waals surface area contributed by atoms with E-state index in [9.17, 15) is 4.79 Å². The standard InChI is InChI=1S/C5H8N2O3/c1-9-3-4(2-6)10-5(7)8/h4H,3H2,1H3,(H2,7,8)/t4-/m1/s1. The van der Waals surface area contributed by atoms with Gasteiger partial charge in [0.25, 0.3) is 0 Å². The molecule has 10 heavy (non-hydrogen) atoms. The lowest BCUT2D eigenvalue weighted by Crippen LogP contribution is -2.24. The van der Waals surface area contributed by atoms with E-state index in [1.807, 2.05) is 0 Å². The van der Waals surface area contributed by atoms with Crippen molar-refractivity contribution in [1.82, 2.24) is 0 Å². The number of hydrogen-bond acceptors (Lipinski definition) is 4. The third-order valence-electron chi connectivity index (χ3n) is 0.720. The van der Waals surface area contributed by atoms with Gasteiger partial charge in [-0.25, -0.2) is 4.79 Å². The number of nitriles is 1. The molecular formula is C5H8N2O3. The van der Waals surface area contributed by atoms with Gasteiger partial charge < -0.3 is 15.2 Å². The fourth-order valence-electron chi connectivity index (χ4n) is 0.389. The van der Waals surface area contributed by atoms with Crippen molar-refractivity contribution >= 4 is 6.09 Å². The van der Waals surface area contributed by atoms with Crippen LogP contribution < -0.4 is 5.73 Å². The first-order valence-electron chi connectivity index (χ1n) is 2.55. The number of amides is 1. The highest BCUT2D eigenvalue weighted by Crippen LogP contribution is 1.89. The summed E-state index contributed by atoms with van der Waals surface area (Å²) in [7, 11) is 1.40. The largest absolute Gasteiger partial charge is 0.428 e. The van der Waals surface area contributed by atoms with Gasteiger partial charge >= 0.3 is 6.09 Å². The third-order valence-corrected chi connectivity index (χ3v) is 0.720. The van der Waals surface area contributed by atoms with Crippen molar-refractivity contribution in [2.45, 2.75) is 6.10 Å². The van der Waals surface area contributed by atoms with E-state index in [1.165, 1.54) is 7.11 Å². The second kappa shape index (κ2) is 4.58. The minimum atomic E-state index is -0.969. The molecule has 0 unspecified atom stereocenters. The molecule has 0 saturated carbocycles. The highest BCUT2D eigenvalue weighted by atomic mass is 16.6. The van der Waals surface area contributed by atoms with Crippen molar-refractivity contribution in [2.75, 3.05) is 13.7 Å². The molecule has 2 N–H and O–H groups in total. The van der Waals surface area contributed by atoms with Crippen LogP contribution in [0.2, 0.25) is 0 Å².